The molecular formula is C22H24N4O3S3. The van der Waals surface area contributed by atoms with E-state index in [9.17, 15) is 13.2 Å². The molecule has 0 atom stereocenters. The van der Waals surface area contributed by atoms with Gasteiger partial charge in [0, 0.05) is 30.2 Å². The van der Waals surface area contributed by atoms with E-state index < -0.39 is 10.0 Å². The Labute approximate surface area is 196 Å². The van der Waals surface area contributed by atoms with E-state index in [1.807, 2.05) is 11.4 Å². The predicted octanol–water partition coefficient (Wildman–Crippen LogP) is 4.34. The second-order valence-electron chi connectivity index (χ2n) is 7.62. The van der Waals surface area contributed by atoms with Crippen LogP contribution in [0.3, 0.4) is 0 Å². The molecule has 4 rings (SSSR count). The summed E-state index contributed by atoms with van der Waals surface area (Å²) in [7, 11) is -3.48. The first kappa shape index (κ1) is 22.9. The van der Waals surface area contributed by atoms with Gasteiger partial charge in [0.2, 0.25) is 15.9 Å². The lowest BCUT2D eigenvalue weighted by atomic mass is 10.1. The Morgan fingerprint density at radius 2 is 1.94 bits per heavy atom. The highest BCUT2D eigenvalue weighted by atomic mass is 32.2. The van der Waals surface area contributed by atoms with Gasteiger partial charge in [-0.25, -0.2) is 18.4 Å². The molecule has 3 heterocycles. The monoisotopic (exact) mass is 488 g/mol. The third kappa shape index (κ3) is 5.20. The second-order valence-corrected chi connectivity index (χ2v) is 11.4. The number of amides is 1. The number of sulfonamides is 1. The Kier molecular flexibility index (Phi) is 6.94. The van der Waals surface area contributed by atoms with Crippen molar-refractivity contribution in [2.75, 3.05) is 24.2 Å². The zero-order valence-corrected chi connectivity index (χ0v) is 20.3. The molecule has 32 heavy (non-hydrogen) atoms. The van der Waals surface area contributed by atoms with Crippen molar-refractivity contribution >= 4 is 44.2 Å². The zero-order valence-electron chi connectivity index (χ0n) is 17.9. The van der Waals surface area contributed by atoms with Crippen LogP contribution in [0.2, 0.25) is 0 Å². The predicted molar refractivity (Wildman–Crippen MR) is 129 cm³/mol. The van der Waals surface area contributed by atoms with E-state index in [4.69, 9.17) is 0 Å². The van der Waals surface area contributed by atoms with Crippen LogP contribution in [-0.2, 0) is 14.8 Å². The van der Waals surface area contributed by atoms with Crippen LogP contribution in [0.15, 0.2) is 51.8 Å². The number of rotatable bonds is 7. The molecule has 0 unspecified atom stereocenters. The van der Waals surface area contributed by atoms with Gasteiger partial charge in [-0.15, -0.1) is 11.3 Å². The van der Waals surface area contributed by atoms with E-state index in [0.717, 1.165) is 24.1 Å². The van der Waals surface area contributed by atoms with Gasteiger partial charge in [0.1, 0.15) is 4.90 Å². The Morgan fingerprint density at radius 1 is 1.16 bits per heavy atom. The molecule has 0 spiro atoms. The molecule has 1 aliphatic heterocycles. The second kappa shape index (κ2) is 9.70. The molecular weight excluding hydrogens is 464 g/mol. The summed E-state index contributed by atoms with van der Waals surface area (Å²) in [6, 6.07) is 9.37. The van der Waals surface area contributed by atoms with Gasteiger partial charge >= 0.3 is 0 Å². The highest BCUT2D eigenvalue weighted by Crippen LogP contribution is 2.27. The quantitative estimate of drug-likeness (QED) is 0.498. The van der Waals surface area contributed by atoms with Crippen molar-refractivity contribution in [2.45, 2.75) is 36.6 Å². The number of nitrogens with one attached hydrogen (secondary N) is 1. The number of hydrogen-bond acceptors (Lipinski definition) is 7. The Bertz CT molecular complexity index is 1220. The molecule has 1 aliphatic rings. The van der Waals surface area contributed by atoms with Crippen LogP contribution in [0.1, 0.15) is 24.0 Å². The van der Waals surface area contributed by atoms with E-state index in [1.54, 1.807) is 12.1 Å². The van der Waals surface area contributed by atoms with E-state index in [2.05, 4.69) is 41.3 Å². The number of carbonyl (C=O) groups is 1. The lowest BCUT2D eigenvalue weighted by Gasteiger charge is -2.15. The van der Waals surface area contributed by atoms with Crippen LogP contribution >= 0.6 is 23.1 Å². The lowest BCUT2D eigenvalue weighted by Crippen LogP contribution is -2.27. The molecule has 1 saturated heterocycles. The van der Waals surface area contributed by atoms with Gasteiger partial charge in [-0.3, -0.25) is 4.79 Å². The maximum Gasteiger partial charge on any atom is 0.244 e. The van der Waals surface area contributed by atoms with Crippen molar-refractivity contribution in [1.82, 2.24) is 14.3 Å². The first-order valence-corrected chi connectivity index (χ1v) is 13.6. The van der Waals surface area contributed by atoms with Crippen LogP contribution in [0, 0.1) is 13.8 Å². The average molecular weight is 489 g/mol. The maximum atomic E-state index is 12.6. The van der Waals surface area contributed by atoms with Gasteiger partial charge in [0.15, 0.2) is 5.13 Å². The zero-order chi connectivity index (χ0) is 22.7. The van der Waals surface area contributed by atoms with Crippen molar-refractivity contribution in [3.63, 3.8) is 0 Å². The normalized spacial score (nSPS) is 14.6. The molecule has 168 valence electrons. The maximum absolute atomic E-state index is 12.6. The fourth-order valence-electron chi connectivity index (χ4n) is 3.34. The number of aromatic nitrogens is 2. The van der Waals surface area contributed by atoms with E-state index in [-0.39, 0.29) is 16.6 Å². The number of nitrogens with zero attached hydrogens (tertiary/aromatic N) is 3. The first-order valence-electron chi connectivity index (χ1n) is 10.2. The minimum absolute atomic E-state index is 0.157. The Morgan fingerprint density at radius 3 is 2.62 bits per heavy atom. The fraction of sp³-hybridized carbons (Fsp3) is 0.318. The largest absolute Gasteiger partial charge is 0.301 e. The third-order valence-corrected chi connectivity index (χ3v) is 8.90. The Balaban J connectivity index is 1.32. The summed E-state index contributed by atoms with van der Waals surface area (Å²) in [6.45, 7) is 5.24. The standard InChI is InChI=1S/C22H24N4O3S3/c1-15-5-6-17(11-16(15)2)19-13-31-22(24-19)25-20(27)14-30-21-8-7-18(12-23-21)32(28,29)26-9-3-4-10-26/h5-8,11-13H,3-4,9-10,14H2,1-2H3,(H,24,25,27). The van der Waals surface area contributed by atoms with Crippen LogP contribution in [0.4, 0.5) is 5.13 Å². The third-order valence-electron chi connectivity index (χ3n) is 5.32. The molecule has 0 radical (unpaired) electrons. The molecule has 0 bridgehead atoms. The number of benzene rings is 1. The van der Waals surface area contributed by atoms with E-state index in [1.165, 1.54) is 44.7 Å². The summed E-state index contributed by atoms with van der Waals surface area (Å²) in [5, 5.41) is 5.88. The average Bonchev–Trinajstić information content (AvgIpc) is 3.47. The summed E-state index contributed by atoms with van der Waals surface area (Å²) in [5.41, 5.74) is 4.28. The van der Waals surface area contributed by atoms with Crippen molar-refractivity contribution < 1.29 is 13.2 Å². The smallest absolute Gasteiger partial charge is 0.244 e. The van der Waals surface area contributed by atoms with E-state index >= 15 is 0 Å². The molecule has 3 aromatic rings. The van der Waals surface area contributed by atoms with Gasteiger partial charge in [-0.2, -0.15) is 4.31 Å². The molecule has 0 aliphatic carbocycles. The van der Waals surface area contributed by atoms with Crippen molar-refractivity contribution in [3.05, 3.63) is 53.0 Å². The number of hydrogen-bond donors (Lipinski definition) is 1. The van der Waals surface area contributed by atoms with Crippen LogP contribution < -0.4 is 5.32 Å². The first-order chi connectivity index (χ1) is 15.3. The summed E-state index contributed by atoms with van der Waals surface area (Å²) in [6.07, 6.45) is 3.15. The SMILES string of the molecule is Cc1ccc(-c2csc(NC(=O)CSc3ccc(S(=O)(=O)N4CCCC4)cn3)n2)cc1C. The van der Waals surface area contributed by atoms with Crippen molar-refractivity contribution in [1.29, 1.82) is 0 Å². The van der Waals surface area contributed by atoms with Gasteiger partial charge in [-0.05, 0) is 56.0 Å². The van der Waals surface area contributed by atoms with E-state index in [0.29, 0.717) is 23.2 Å². The molecule has 0 saturated carbocycles. The van der Waals surface area contributed by atoms with Gasteiger partial charge in [0.05, 0.1) is 16.5 Å². The molecule has 10 heteroatoms. The van der Waals surface area contributed by atoms with Gasteiger partial charge in [-0.1, -0.05) is 23.9 Å². The van der Waals surface area contributed by atoms with Gasteiger partial charge in [0.25, 0.3) is 0 Å². The summed E-state index contributed by atoms with van der Waals surface area (Å²) in [5.74, 6) is -0.0319. The minimum Gasteiger partial charge on any atom is -0.301 e. The molecule has 1 N–H and O–H groups in total. The summed E-state index contributed by atoms with van der Waals surface area (Å²) >= 11 is 2.63. The fourth-order valence-corrected chi connectivity index (χ4v) is 6.18. The van der Waals surface area contributed by atoms with Crippen molar-refractivity contribution in [3.8, 4) is 11.3 Å². The lowest BCUT2D eigenvalue weighted by molar-refractivity contribution is -0.113. The number of pyridine rings is 1. The molecule has 7 nitrogen and oxygen atoms in total. The molecule has 1 fully saturated rings. The van der Waals surface area contributed by atoms with Gasteiger partial charge < -0.3 is 5.32 Å². The number of thioether (sulfide) groups is 1. The summed E-state index contributed by atoms with van der Waals surface area (Å²) < 4.78 is 26.6. The minimum atomic E-state index is -3.48. The number of anilines is 1. The number of carbonyl (C=O) groups excluding carboxylic acids is 1. The highest BCUT2D eigenvalue weighted by Gasteiger charge is 2.27. The van der Waals surface area contributed by atoms with Crippen molar-refractivity contribution in [2.24, 2.45) is 0 Å². The van der Waals surface area contributed by atoms with Crippen LogP contribution in [-0.4, -0.2) is 47.4 Å². The van der Waals surface area contributed by atoms with Crippen LogP contribution in [0.5, 0.6) is 0 Å². The topological polar surface area (TPSA) is 92.3 Å². The summed E-state index contributed by atoms with van der Waals surface area (Å²) in [4.78, 5) is 21.3. The Hall–Kier alpha value is -2.27. The molecule has 1 aromatic carbocycles. The molecule has 1 amide bonds. The number of thiazole rings is 1. The van der Waals surface area contributed by atoms with Crippen LogP contribution in [0.25, 0.3) is 11.3 Å². The highest BCUT2D eigenvalue weighted by molar-refractivity contribution is 7.99. The molecule has 2 aromatic heterocycles. The number of aryl methyl sites for hydroxylation is 2.